The summed E-state index contributed by atoms with van der Waals surface area (Å²) in [6.07, 6.45) is 0. The highest BCUT2D eigenvalue weighted by Gasteiger charge is 2.16. The molecular formula is C9H10F2O3. The SMILES string of the molecule is COc1ccc(F)c(OC)c1OCF. The summed E-state index contributed by atoms with van der Waals surface area (Å²) in [6, 6.07) is 2.49. The van der Waals surface area contributed by atoms with E-state index in [9.17, 15) is 8.78 Å². The molecule has 0 aliphatic carbocycles. The number of hydrogen-bond acceptors (Lipinski definition) is 3. The smallest absolute Gasteiger partial charge is 0.229 e. The molecule has 5 heteroatoms. The molecule has 0 atom stereocenters. The molecule has 0 fully saturated rings. The van der Waals surface area contributed by atoms with Crippen LogP contribution < -0.4 is 14.2 Å². The minimum Gasteiger partial charge on any atom is -0.493 e. The Labute approximate surface area is 80.2 Å². The van der Waals surface area contributed by atoms with Crippen molar-refractivity contribution in [1.82, 2.24) is 0 Å². The Kier molecular flexibility index (Phi) is 3.50. The first-order chi connectivity index (χ1) is 6.74. The molecule has 0 bridgehead atoms. The van der Waals surface area contributed by atoms with E-state index < -0.39 is 12.7 Å². The molecule has 0 amide bonds. The Hall–Kier alpha value is -1.52. The zero-order valence-electron chi connectivity index (χ0n) is 7.84. The minimum atomic E-state index is -1.07. The van der Waals surface area contributed by atoms with Gasteiger partial charge in [0, 0.05) is 0 Å². The highest BCUT2D eigenvalue weighted by Crippen LogP contribution is 2.38. The third-order valence-electron chi connectivity index (χ3n) is 1.65. The normalized spacial score (nSPS) is 9.71. The monoisotopic (exact) mass is 204 g/mol. The van der Waals surface area contributed by atoms with Gasteiger partial charge in [-0.05, 0) is 12.1 Å². The first kappa shape index (κ1) is 10.6. The van der Waals surface area contributed by atoms with Crippen molar-refractivity contribution in [3.63, 3.8) is 0 Å². The molecule has 0 saturated carbocycles. The van der Waals surface area contributed by atoms with E-state index >= 15 is 0 Å². The summed E-state index contributed by atoms with van der Waals surface area (Å²) in [5.74, 6) is -0.642. The number of halogens is 2. The second-order valence-corrected chi connectivity index (χ2v) is 2.37. The molecule has 0 unspecified atom stereocenters. The van der Waals surface area contributed by atoms with Gasteiger partial charge in [-0.15, -0.1) is 0 Å². The lowest BCUT2D eigenvalue weighted by Crippen LogP contribution is -1.99. The number of rotatable bonds is 4. The van der Waals surface area contributed by atoms with Crippen LogP contribution in [0.15, 0.2) is 12.1 Å². The Morgan fingerprint density at radius 1 is 1.14 bits per heavy atom. The van der Waals surface area contributed by atoms with Crippen molar-refractivity contribution in [2.24, 2.45) is 0 Å². The summed E-state index contributed by atoms with van der Waals surface area (Å²) in [6.45, 7) is -1.07. The van der Waals surface area contributed by atoms with Gasteiger partial charge in [-0.25, -0.2) is 8.78 Å². The lowest BCUT2D eigenvalue weighted by Gasteiger charge is -2.12. The fourth-order valence-corrected chi connectivity index (χ4v) is 1.06. The summed E-state index contributed by atoms with van der Waals surface area (Å²) in [7, 11) is 2.64. The van der Waals surface area contributed by atoms with Gasteiger partial charge in [0.05, 0.1) is 14.2 Å². The van der Waals surface area contributed by atoms with Gasteiger partial charge in [0.2, 0.25) is 18.4 Å². The lowest BCUT2D eigenvalue weighted by molar-refractivity contribution is 0.175. The second-order valence-electron chi connectivity index (χ2n) is 2.37. The van der Waals surface area contributed by atoms with Crippen LogP contribution in [0, 0.1) is 5.82 Å². The van der Waals surface area contributed by atoms with Crippen LogP contribution in [0.3, 0.4) is 0 Å². The van der Waals surface area contributed by atoms with E-state index in [0.717, 1.165) is 6.07 Å². The molecule has 0 radical (unpaired) electrons. The van der Waals surface area contributed by atoms with Crippen molar-refractivity contribution in [1.29, 1.82) is 0 Å². The van der Waals surface area contributed by atoms with E-state index in [-0.39, 0.29) is 17.2 Å². The fourth-order valence-electron chi connectivity index (χ4n) is 1.06. The van der Waals surface area contributed by atoms with E-state index in [1.54, 1.807) is 0 Å². The van der Waals surface area contributed by atoms with Crippen molar-refractivity contribution in [3.8, 4) is 17.2 Å². The maximum absolute atomic E-state index is 13.1. The molecule has 0 spiro atoms. The van der Waals surface area contributed by atoms with Gasteiger partial charge < -0.3 is 14.2 Å². The van der Waals surface area contributed by atoms with E-state index in [2.05, 4.69) is 4.74 Å². The van der Waals surface area contributed by atoms with Crippen LogP contribution in [-0.4, -0.2) is 21.1 Å². The van der Waals surface area contributed by atoms with Gasteiger partial charge >= 0.3 is 0 Å². The maximum Gasteiger partial charge on any atom is 0.229 e. The first-order valence-electron chi connectivity index (χ1n) is 3.83. The highest BCUT2D eigenvalue weighted by molar-refractivity contribution is 5.51. The fraction of sp³-hybridized carbons (Fsp3) is 0.333. The van der Waals surface area contributed by atoms with Gasteiger partial charge in [0.15, 0.2) is 11.6 Å². The molecule has 0 saturated heterocycles. The number of benzene rings is 1. The molecule has 0 aliphatic rings. The van der Waals surface area contributed by atoms with Crippen LogP contribution in [0.4, 0.5) is 8.78 Å². The zero-order chi connectivity index (χ0) is 10.6. The van der Waals surface area contributed by atoms with E-state index in [1.807, 2.05) is 0 Å². The van der Waals surface area contributed by atoms with Crippen molar-refractivity contribution in [2.75, 3.05) is 21.1 Å². The van der Waals surface area contributed by atoms with E-state index in [1.165, 1.54) is 20.3 Å². The predicted octanol–water partition coefficient (Wildman–Crippen LogP) is 2.15. The maximum atomic E-state index is 13.1. The molecule has 0 heterocycles. The average Bonchev–Trinajstić information content (AvgIpc) is 2.19. The van der Waals surface area contributed by atoms with Crippen LogP contribution in [-0.2, 0) is 0 Å². The summed E-state index contributed by atoms with van der Waals surface area (Å²) in [5.41, 5.74) is 0. The zero-order valence-corrected chi connectivity index (χ0v) is 7.84. The molecule has 0 N–H and O–H groups in total. The highest BCUT2D eigenvalue weighted by atomic mass is 19.1. The summed E-state index contributed by atoms with van der Waals surface area (Å²) < 4.78 is 39.3. The quantitative estimate of drug-likeness (QED) is 0.752. The second kappa shape index (κ2) is 4.64. The van der Waals surface area contributed by atoms with Gasteiger partial charge in [0.1, 0.15) is 0 Å². The number of ether oxygens (including phenoxy) is 3. The van der Waals surface area contributed by atoms with Crippen LogP contribution in [0.5, 0.6) is 17.2 Å². The standard InChI is InChI=1S/C9H10F2O3/c1-12-7-4-3-6(11)8(13-2)9(7)14-5-10/h3-4H,5H2,1-2H3. The summed E-state index contributed by atoms with van der Waals surface area (Å²) >= 11 is 0. The first-order valence-corrected chi connectivity index (χ1v) is 3.83. The number of alkyl halides is 1. The van der Waals surface area contributed by atoms with Crippen LogP contribution in [0.25, 0.3) is 0 Å². The molecule has 3 nitrogen and oxygen atoms in total. The van der Waals surface area contributed by atoms with Crippen LogP contribution >= 0.6 is 0 Å². The third-order valence-corrected chi connectivity index (χ3v) is 1.65. The number of hydrogen-bond donors (Lipinski definition) is 0. The minimum absolute atomic E-state index is 0.0718. The Morgan fingerprint density at radius 3 is 2.36 bits per heavy atom. The molecule has 0 aromatic heterocycles. The van der Waals surface area contributed by atoms with Gasteiger partial charge in [0.25, 0.3) is 0 Å². The molecule has 78 valence electrons. The van der Waals surface area contributed by atoms with E-state index in [4.69, 9.17) is 9.47 Å². The topological polar surface area (TPSA) is 27.7 Å². The Balaban J connectivity index is 3.21. The molecular weight excluding hydrogens is 194 g/mol. The number of methoxy groups -OCH3 is 2. The van der Waals surface area contributed by atoms with Crippen LogP contribution in [0.2, 0.25) is 0 Å². The van der Waals surface area contributed by atoms with E-state index in [0.29, 0.717) is 0 Å². The summed E-state index contributed by atoms with van der Waals surface area (Å²) in [5, 5.41) is 0. The molecule has 1 rings (SSSR count). The third kappa shape index (κ3) is 1.86. The lowest BCUT2D eigenvalue weighted by atomic mass is 10.3. The molecule has 1 aromatic rings. The van der Waals surface area contributed by atoms with Gasteiger partial charge in [-0.2, -0.15) is 0 Å². The van der Waals surface area contributed by atoms with Crippen LogP contribution in [0.1, 0.15) is 0 Å². The van der Waals surface area contributed by atoms with Gasteiger partial charge in [-0.3, -0.25) is 0 Å². The Bertz CT molecular complexity index is 315. The van der Waals surface area contributed by atoms with Gasteiger partial charge in [-0.1, -0.05) is 0 Å². The largest absolute Gasteiger partial charge is 0.493 e. The van der Waals surface area contributed by atoms with Crippen molar-refractivity contribution >= 4 is 0 Å². The molecule has 14 heavy (non-hydrogen) atoms. The summed E-state index contributed by atoms with van der Waals surface area (Å²) in [4.78, 5) is 0. The van der Waals surface area contributed by atoms with Crippen molar-refractivity contribution in [3.05, 3.63) is 17.9 Å². The predicted molar refractivity (Wildman–Crippen MR) is 46.1 cm³/mol. The molecule has 0 aliphatic heterocycles. The van der Waals surface area contributed by atoms with Crippen molar-refractivity contribution < 1.29 is 23.0 Å². The Morgan fingerprint density at radius 2 is 1.86 bits per heavy atom. The van der Waals surface area contributed by atoms with Crippen molar-refractivity contribution in [2.45, 2.75) is 0 Å². The average molecular weight is 204 g/mol. The molecule has 1 aromatic carbocycles.